The summed E-state index contributed by atoms with van der Waals surface area (Å²) >= 11 is 1.62. The summed E-state index contributed by atoms with van der Waals surface area (Å²) in [5, 5.41) is 7.03. The van der Waals surface area contributed by atoms with E-state index in [0.717, 1.165) is 5.69 Å². The number of rotatable bonds is 4. The van der Waals surface area contributed by atoms with Gasteiger partial charge in [-0.15, -0.1) is 0 Å². The molecule has 11 heavy (non-hydrogen) atoms. The number of carbonyl (C=O) groups is 1. The van der Waals surface area contributed by atoms with Gasteiger partial charge in [0.25, 0.3) is 0 Å². The predicted molar refractivity (Wildman–Crippen MR) is 46.6 cm³/mol. The van der Waals surface area contributed by atoms with Crippen LogP contribution in [-0.4, -0.2) is 12.5 Å². The molecule has 0 fully saturated rings. The van der Waals surface area contributed by atoms with Gasteiger partial charge in [0.05, 0.1) is 0 Å². The first kappa shape index (κ1) is 8.07. The van der Waals surface area contributed by atoms with Gasteiger partial charge < -0.3 is 11.1 Å². The topological polar surface area (TPSA) is 55.1 Å². The van der Waals surface area contributed by atoms with Crippen LogP contribution in [0.3, 0.4) is 0 Å². The first-order valence-corrected chi connectivity index (χ1v) is 4.27. The third-order valence-corrected chi connectivity index (χ3v) is 1.90. The van der Waals surface area contributed by atoms with Gasteiger partial charge >= 0.3 is 0 Å². The van der Waals surface area contributed by atoms with Crippen molar-refractivity contribution in [3.05, 3.63) is 16.8 Å². The van der Waals surface area contributed by atoms with Crippen molar-refractivity contribution in [2.75, 3.05) is 11.9 Å². The Labute approximate surface area is 69.2 Å². The Bertz CT molecular complexity index is 220. The molecule has 0 aliphatic heterocycles. The molecule has 1 amide bonds. The molecule has 1 heterocycles. The highest BCUT2D eigenvalue weighted by molar-refractivity contribution is 7.08. The second-order valence-corrected chi connectivity index (χ2v) is 2.94. The van der Waals surface area contributed by atoms with Crippen molar-refractivity contribution in [2.24, 2.45) is 5.73 Å². The van der Waals surface area contributed by atoms with Crippen molar-refractivity contribution in [1.82, 2.24) is 0 Å². The van der Waals surface area contributed by atoms with E-state index in [1.165, 1.54) is 0 Å². The van der Waals surface area contributed by atoms with E-state index in [9.17, 15) is 4.79 Å². The number of hydrogen-bond acceptors (Lipinski definition) is 3. The molecule has 0 aliphatic rings. The zero-order chi connectivity index (χ0) is 8.10. The molecule has 0 spiro atoms. The van der Waals surface area contributed by atoms with Crippen molar-refractivity contribution < 1.29 is 4.79 Å². The Morgan fingerprint density at radius 1 is 1.73 bits per heavy atom. The van der Waals surface area contributed by atoms with E-state index in [1.54, 1.807) is 11.3 Å². The van der Waals surface area contributed by atoms with Crippen LogP contribution in [0.5, 0.6) is 0 Å². The molecule has 0 aliphatic carbocycles. The lowest BCUT2D eigenvalue weighted by Gasteiger charge is -1.99. The molecular formula is C7H10N2OS. The quantitative estimate of drug-likeness (QED) is 0.709. The van der Waals surface area contributed by atoms with Gasteiger partial charge in [-0.3, -0.25) is 4.79 Å². The SMILES string of the molecule is NC(=O)CCNc1ccsc1. The van der Waals surface area contributed by atoms with E-state index in [0.29, 0.717) is 13.0 Å². The molecule has 0 bridgehead atoms. The Kier molecular flexibility index (Phi) is 2.92. The first-order valence-electron chi connectivity index (χ1n) is 3.33. The third kappa shape index (κ3) is 3.04. The fourth-order valence-electron chi connectivity index (χ4n) is 0.695. The van der Waals surface area contributed by atoms with E-state index in [2.05, 4.69) is 5.32 Å². The lowest BCUT2D eigenvalue weighted by molar-refractivity contribution is -0.117. The molecule has 4 heteroatoms. The second-order valence-electron chi connectivity index (χ2n) is 2.16. The standard InChI is InChI=1S/C7H10N2OS/c8-7(10)1-3-9-6-2-4-11-5-6/h2,4-5,9H,1,3H2,(H2,8,10). The number of nitrogens with one attached hydrogen (secondary N) is 1. The zero-order valence-electron chi connectivity index (χ0n) is 6.04. The first-order chi connectivity index (χ1) is 5.29. The summed E-state index contributed by atoms with van der Waals surface area (Å²) in [7, 11) is 0. The van der Waals surface area contributed by atoms with Crippen molar-refractivity contribution in [2.45, 2.75) is 6.42 Å². The number of primary amides is 1. The lowest BCUT2D eigenvalue weighted by Crippen LogP contribution is -2.15. The normalized spacial score (nSPS) is 9.45. The molecular weight excluding hydrogens is 160 g/mol. The Balaban J connectivity index is 2.19. The van der Waals surface area contributed by atoms with Crippen LogP contribution in [0.2, 0.25) is 0 Å². The Morgan fingerprint density at radius 3 is 3.09 bits per heavy atom. The summed E-state index contributed by atoms with van der Waals surface area (Å²) in [4.78, 5) is 10.3. The van der Waals surface area contributed by atoms with Gasteiger partial charge in [0.15, 0.2) is 0 Å². The van der Waals surface area contributed by atoms with Crippen molar-refractivity contribution in [3.8, 4) is 0 Å². The average molecular weight is 170 g/mol. The highest BCUT2D eigenvalue weighted by Gasteiger charge is 1.93. The van der Waals surface area contributed by atoms with Crippen LogP contribution in [0.25, 0.3) is 0 Å². The molecule has 1 aromatic rings. The summed E-state index contributed by atoms with van der Waals surface area (Å²) in [6, 6.07) is 1.96. The average Bonchev–Trinajstić information content (AvgIpc) is 2.39. The van der Waals surface area contributed by atoms with Crippen LogP contribution in [0.15, 0.2) is 16.8 Å². The largest absolute Gasteiger partial charge is 0.384 e. The predicted octanol–water partition coefficient (Wildman–Crippen LogP) is 1.04. The number of hydrogen-bond donors (Lipinski definition) is 2. The van der Waals surface area contributed by atoms with Crippen LogP contribution >= 0.6 is 11.3 Å². The van der Waals surface area contributed by atoms with Gasteiger partial charge in [-0.25, -0.2) is 0 Å². The van der Waals surface area contributed by atoms with Gasteiger partial charge in [-0.1, -0.05) is 0 Å². The molecule has 1 rings (SSSR count). The van der Waals surface area contributed by atoms with Crippen molar-refractivity contribution in [3.63, 3.8) is 0 Å². The summed E-state index contributed by atoms with van der Waals surface area (Å²) in [5.74, 6) is -0.271. The molecule has 0 saturated carbocycles. The number of nitrogens with two attached hydrogens (primary N) is 1. The van der Waals surface area contributed by atoms with E-state index in [4.69, 9.17) is 5.73 Å². The van der Waals surface area contributed by atoms with Gasteiger partial charge in [-0.05, 0) is 11.4 Å². The molecule has 3 nitrogen and oxygen atoms in total. The maximum atomic E-state index is 10.3. The van der Waals surface area contributed by atoms with Gasteiger partial charge in [-0.2, -0.15) is 11.3 Å². The molecule has 0 atom stereocenters. The second kappa shape index (κ2) is 3.98. The number of carbonyl (C=O) groups excluding carboxylic acids is 1. The molecule has 0 unspecified atom stereocenters. The summed E-state index contributed by atoms with van der Waals surface area (Å²) in [5.41, 5.74) is 6.01. The van der Waals surface area contributed by atoms with Crippen LogP contribution in [0, 0.1) is 0 Å². The number of anilines is 1. The van der Waals surface area contributed by atoms with Crippen molar-refractivity contribution in [1.29, 1.82) is 0 Å². The van der Waals surface area contributed by atoms with Crippen molar-refractivity contribution >= 4 is 22.9 Å². The molecule has 3 N–H and O–H groups in total. The fourth-order valence-corrected chi connectivity index (χ4v) is 1.31. The van der Waals surface area contributed by atoms with E-state index >= 15 is 0 Å². The van der Waals surface area contributed by atoms with E-state index in [-0.39, 0.29) is 5.91 Å². The van der Waals surface area contributed by atoms with Gasteiger partial charge in [0, 0.05) is 24.0 Å². The summed E-state index contributed by atoms with van der Waals surface area (Å²) in [6.07, 6.45) is 0.385. The minimum Gasteiger partial charge on any atom is -0.384 e. The van der Waals surface area contributed by atoms with Crippen LogP contribution in [-0.2, 0) is 4.79 Å². The minimum absolute atomic E-state index is 0.271. The van der Waals surface area contributed by atoms with Gasteiger partial charge in [0.2, 0.25) is 5.91 Å². The molecule has 0 aromatic carbocycles. The maximum Gasteiger partial charge on any atom is 0.219 e. The van der Waals surface area contributed by atoms with E-state index in [1.807, 2.05) is 16.8 Å². The smallest absolute Gasteiger partial charge is 0.219 e. The molecule has 0 radical (unpaired) electrons. The minimum atomic E-state index is -0.271. The molecule has 1 aromatic heterocycles. The maximum absolute atomic E-state index is 10.3. The van der Waals surface area contributed by atoms with Crippen LogP contribution in [0.1, 0.15) is 6.42 Å². The lowest BCUT2D eigenvalue weighted by atomic mass is 10.4. The Hall–Kier alpha value is -1.03. The zero-order valence-corrected chi connectivity index (χ0v) is 6.86. The summed E-state index contributed by atoms with van der Waals surface area (Å²) in [6.45, 7) is 0.617. The number of amides is 1. The van der Waals surface area contributed by atoms with Gasteiger partial charge in [0.1, 0.15) is 0 Å². The summed E-state index contributed by atoms with van der Waals surface area (Å²) < 4.78 is 0. The third-order valence-electron chi connectivity index (χ3n) is 1.22. The Morgan fingerprint density at radius 2 is 2.55 bits per heavy atom. The van der Waals surface area contributed by atoms with E-state index < -0.39 is 0 Å². The monoisotopic (exact) mass is 170 g/mol. The highest BCUT2D eigenvalue weighted by Crippen LogP contribution is 2.10. The fraction of sp³-hybridized carbons (Fsp3) is 0.286. The highest BCUT2D eigenvalue weighted by atomic mass is 32.1. The molecule has 0 saturated heterocycles. The van der Waals surface area contributed by atoms with Crippen LogP contribution < -0.4 is 11.1 Å². The number of thiophene rings is 1. The molecule has 60 valence electrons. The van der Waals surface area contributed by atoms with Crippen LogP contribution in [0.4, 0.5) is 5.69 Å².